The predicted molar refractivity (Wildman–Crippen MR) is 62.1 cm³/mol. The van der Waals surface area contributed by atoms with Crippen LogP contribution in [0, 0.1) is 0 Å². The summed E-state index contributed by atoms with van der Waals surface area (Å²) in [7, 11) is 0. The quantitative estimate of drug-likeness (QED) is 0.709. The molecule has 0 unspecified atom stereocenters. The molecule has 0 aliphatic carbocycles. The number of rotatable bonds is 2. The second kappa shape index (κ2) is 4.99. The molecule has 0 bridgehead atoms. The lowest BCUT2D eigenvalue weighted by Gasteiger charge is -2.26. The lowest BCUT2D eigenvalue weighted by atomic mass is 10.1. The van der Waals surface area contributed by atoms with E-state index < -0.39 is 11.2 Å². The second-order valence-corrected chi connectivity index (χ2v) is 4.16. The van der Waals surface area contributed by atoms with Gasteiger partial charge in [-0.15, -0.1) is 0 Å². The number of hydrogen-bond donors (Lipinski definition) is 1. The Hall–Kier alpha value is -2.18. The Bertz CT molecular complexity index is 576. The Kier molecular flexibility index (Phi) is 3.40. The summed E-state index contributed by atoms with van der Waals surface area (Å²) in [5, 5.41) is 0. The average Bonchev–Trinajstić information content (AvgIpc) is 2.33. The first-order chi connectivity index (χ1) is 8.56. The van der Waals surface area contributed by atoms with E-state index in [1.54, 1.807) is 4.90 Å². The smallest absolute Gasteiger partial charge is 0.328 e. The maximum atomic E-state index is 11.9. The van der Waals surface area contributed by atoms with Crippen molar-refractivity contribution in [3.8, 4) is 0 Å². The molecule has 1 aliphatic heterocycles. The molecule has 1 aliphatic rings. The third-order valence-corrected chi connectivity index (χ3v) is 2.88. The van der Waals surface area contributed by atoms with E-state index in [1.807, 2.05) is 0 Å². The normalized spacial score (nSPS) is 15.8. The van der Waals surface area contributed by atoms with Gasteiger partial charge in [-0.3, -0.25) is 23.9 Å². The number of H-pyrrole nitrogens is 1. The van der Waals surface area contributed by atoms with Crippen LogP contribution in [-0.4, -0.2) is 39.2 Å². The number of hydrogen-bond acceptors (Lipinski definition) is 4. The molecule has 7 nitrogen and oxygen atoms in total. The Morgan fingerprint density at radius 3 is 2.50 bits per heavy atom. The fourth-order valence-electron chi connectivity index (χ4n) is 1.82. The molecule has 0 saturated carbocycles. The SMILES string of the molecule is O=C1CCN(C(=O)Cn2ccc(=O)[nH]c2=O)CC1. The number of Topliss-reactive ketones (excluding diaryl/α,β-unsaturated/α-hetero) is 1. The summed E-state index contributed by atoms with van der Waals surface area (Å²) in [4.78, 5) is 48.8. The minimum atomic E-state index is -0.607. The predicted octanol–water partition coefficient (Wildman–Crippen LogP) is -1.27. The zero-order valence-corrected chi connectivity index (χ0v) is 9.72. The van der Waals surface area contributed by atoms with Crippen LogP contribution in [0.4, 0.5) is 0 Å². The summed E-state index contributed by atoms with van der Waals surface area (Å²) >= 11 is 0. The van der Waals surface area contributed by atoms with Crippen molar-refractivity contribution in [3.05, 3.63) is 33.1 Å². The van der Waals surface area contributed by atoms with Gasteiger partial charge < -0.3 is 4.90 Å². The van der Waals surface area contributed by atoms with Crippen molar-refractivity contribution in [1.82, 2.24) is 14.5 Å². The zero-order chi connectivity index (χ0) is 13.1. The number of ketones is 1. The van der Waals surface area contributed by atoms with Gasteiger partial charge in [0, 0.05) is 38.2 Å². The van der Waals surface area contributed by atoms with Crippen molar-refractivity contribution in [2.45, 2.75) is 19.4 Å². The van der Waals surface area contributed by atoms with E-state index in [0.29, 0.717) is 25.9 Å². The van der Waals surface area contributed by atoms with Crippen molar-refractivity contribution in [3.63, 3.8) is 0 Å². The Morgan fingerprint density at radius 2 is 1.89 bits per heavy atom. The summed E-state index contributed by atoms with van der Waals surface area (Å²) in [6.45, 7) is 0.676. The van der Waals surface area contributed by atoms with Crippen molar-refractivity contribution in [2.75, 3.05) is 13.1 Å². The number of nitrogens with one attached hydrogen (secondary N) is 1. The summed E-state index contributed by atoms with van der Waals surface area (Å²) < 4.78 is 1.14. The van der Waals surface area contributed by atoms with Crippen LogP contribution in [0.2, 0.25) is 0 Å². The lowest BCUT2D eigenvalue weighted by Crippen LogP contribution is -2.42. The van der Waals surface area contributed by atoms with E-state index in [1.165, 1.54) is 12.3 Å². The highest BCUT2D eigenvalue weighted by atomic mass is 16.2. The van der Waals surface area contributed by atoms with Crippen LogP contribution in [-0.2, 0) is 16.1 Å². The number of aromatic amines is 1. The molecule has 1 aromatic heterocycles. The minimum Gasteiger partial charge on any atom is -0.340 e. The number of carbonyl (C=O) groups excluding carboxylic acids is 2. The molecule has 1 saturated heterocycles. The molecule has 0 atom stereocenters. The Labute approximate surface area is 102 Å². The molecule has 0 spiro atoms. The third-order valence-electron chi connectivity index (χ3n) is 2.88. The first-order valence-electron chi connectivity index (χ1n) is 5.65. The molecule has 1 N–H and O–H groups in total. The number of piperidine rings is 1. The van der Waals surface area contributed by atoms with Crippen molar-refractivity contribution in [1.29, 1.82) is 0 Å². The van der Waals surface area contributed by atoms with Gasteiger partial charge >= 0.3 is 5.69 Å². The van der Waals surface area contributed by atoms with Crippen LogP contribution in [0.25, 0.3) is 0 Å². The van der Waals surface area contributed by atoms with Gasteiger partial charge in [0.2, 0.25) is 5.91 Å². The lowest BCUT2D eigenvalue weighted by molar-refractivity contribution is -0.135. The molecule has 2 heterocycles. The van der Waals surface area contributed by atoms with Gasteiger partial charge in [-0.05, 0) is 0 Å². The van der Waals surface area contributed by atoms with E-state index in [2.05, 4.69) is 4.98 Å². The van der Waals surface area contributed by atoms with Crippen molar-refractivity contribution >= 4 is 11.7 Å². The molecule has 2 rings (SSSR count). The fourth-order valence-corrected chi connectivity index (χ4v) is 1.82. The van der Waals surface area contributed by atoms with Crippen molar-refractivity contribution < 1.29 is 9.59 Å². The maximum absolute atomic E-state index is 11.9. The largest absolute Gasteiger partial charge is 0.340 e. The zero-order valence-electron chi connectivity index (χ0n) is 9.72. The second-order valence-electron chi connectivity index (χ2n) is 4.16. The van der Waals surface area contributed by atoms with Crippen LogP contribution >= 0.6 is 0 Å². The molecular formula is C11H13N3O4. The van der Waals surface area contributed by atoms with Crippen LogP contribution in [0.3, 0.4) is 0 Å². The average molecular weight is 251 g/mol. The van der Waals surface area contributed by atoms with Gasteiger partial charge in [-0.2, -0.15) is 0 Å². The number of likely N-dealkylation sites (tertiary alicyclic amines) is 1. The number of amides is 1. The maximum Gasteiger partial charge on any atom is 0.328 e. The monoisotopic (exact) mass is 251 g/mol. The van der Waals surface area contributed by atoms with Gasteiger partial charge in [-0.1, -0.05) is 0 Å². The first-order valence-corrected chi connectivity index (χ1v) is 5.65. The summed E-state index contributed by atoms with van der Waals surface area (Å²) in [6, 6.07) is 1.19. The minimum absolute atomic E-state index is 0.121. The molecule has 1 fully saturated rings. The Morgan fingerprint density at radius 1 is 1.22 bits per heavy atom. The van der Waals surface area contributed by atoms with E-state index >= 15 is 0 Å². The molecule has 0 radical (unpaired) electrons. The topological polar surface area (TPSA) is 92.2 Å². The summed E-state index contributed by atoms with van der Waals surface area (Å²) in [5.74, 6) is -0.0723. The molecule has 7 heteroatoms. The highest BCUT2D eigenvalue weighted by Gasteiger charge is 2.20. The van der Waals surface area contributed by atoms with Gasteiger partial charge in [-0.25, -0.2) is 4.79 Å². The van der Waals surface area contributed by atoms with E-state index in [9.17, 15) is 19.2 Å². The number of carbonyl (C=O) groups is 2. The molecule has 0 aromatic carbocycles. The van der Waals surface area contributed by atoms with Gasteiger partial charge in [0.05, 0.1) is 0 Å². The Balaban J connectivity index is 2.05. The van der Waals surface area contributed by atoms with Crippen molar-refractivity contribution in [2.24, 2.45) is 0 Å². The summed E-state index contributed by atoms with van der Waals surface area (Å²) in [6.07, 6.45) is 2.02. The van der Waals surface area contributed by atoms with Crippen LogP contribution in [0.15, 0.2) is 21.9 Å². The van der Waals surface area contributed by atoms with Crippen LogP contribution in [0.1, 0.15) is 12.8 Å². The molecule has 96 valence electrons. The molecule has 1 aromatic rings. The highest BCUT2D eigenvalue weighted by molar-refractivity contribution is 5.83. The van der Waals surface area contributed by atoms with E-state index in [0.717, 1.165) is 4.57 Å². The van der Waals surface area contributed by atoms with Crippen LogP contribution < -0.4 is 11.2 Å². The van der Waals surface area contributed by atoms with Gasteiger partial charge in [0.1, 0.15) is 12.3 Å². The van der Waals surface area contributed by atoms with Gasteiger partial charge in [0.15, 0.2) is 0 Å². The number of aromatic nitrogens is 2. The van der Waals surface area contributed by atoms with Crippen LogP contribution in [0.5, 0.6) is 0 Å². The highest BCUT2D eigenvalue weighted by Crippen LogP contribution is 2.06. The fraction of sp³-hybridized carbons (Fsp3) is 0.455. The standard InChI is InChI=1S/C11H13N3O4/c15-8-1-4-13(5-2-8)10(17)7-14-6-3-9(16)12-11(14)18/h3,6H,1-2,4-5,7H2,(H,12,16,18). The van der Waals surface area contributed by atoms with Gasteiger partial charge in [0.25, 0.3) is 5.56 Å². The molecular weight excluding hydrogens is 238 g/mol. The first kappa shape index (κ1) is 12.3. The summed E-state index contributed by atoms with van der Waals surface area (Å²) in [5.41, 5.74) is -1.10. The van der Waals surface area contributed by atoms with E-state index in [-0.39, 0.29) is 18.2 Å². The molecule has 1 amide bonds. The number of nitrogens with zero attached hydrogens (tertiary/aromatic N) is 2. The van der Waals surface area contributed by atoms with E-state index in [4.69, 9.17) is 0 Å². The molecule has 18 heavy (non-hydrogen) atoms. The third kappa shape index (κ3) is 2.73.